The van der Waals surface area contributed by atoms with Crippen molar-refractivity contribution < 1.29 is 4.79 Å². The lowest BCUT2D eigenvalue weighted by atomic mass is 9.93. The number of benzene rings is 1. The SMILES string of the molecule is CCCc1c(C(=O)NC(C)CCc2ccccc2)cnc2cc(C(C)(C)C)nn12. The minimum Gasteiger partial charge on any atom is -0.349 e. The normalized spacial score (nSPS) is 12.9. The molecule has 2 aromatic heterocycles. The number of fused-ring (bicyclic) bond motifs is 1. The summed E-state index contributed by atoms with van der Waals surface area (Å²) in [6.07, 6.45) is 5.26. The largest absolute Gasteiger partial charge is 0.349 e. The van der Waals surface area contributed by atoms with E-state index in [9.17, 15) is 4.79 Å². The highest BCUT2D eigenvalue weighted by Crippen LogP contribution is 2.23. The van der Waals surface area contributed by atoms with Gasteiger partial charge < -0.3 is 5.32 Å². The molecule has 1 amide bonds. The van der Waals surface area contributed by atoms with Crippen LogP contribution in [-0.4, -0.2) is 26.5 Å². The van der Waals surface area contributed by atoms with E-state index in [4.69, 9.17) is 5.10 Å². The van der Waals surface area contributed by atoms with Crippen LogP contribution in [0, 0.1) is 0 Å². The number of hydrogen-bond donors (Lipinski definition) is 1. The fourth-order valence-electron chi connectivity index (χ4n) is 3.42. The maximum Gasteiger partial charge on any atom is 0.254 e. The van der Waals surface area contributed by atoms with Crippen LogP contribution in [0.1, 0.15) is 74.8 Å². The summed E-state index contributed by atoms with van der Waals surface area (Å²) in [5.41, 5.74) is 4.55. The van der Waals surface area contributed by atoms with E-state index < -0.39 is 0 Å². The molecule has 1 unspecified atom stereocenters. The first-order valence-corrected chi connectivity index (χ1v) is 10.5. The summed E-state index contributed by atoms with van der Waals surface area (Å²) in [6.45, 7) is 10.6. The zero-order chi connectivity index (χ0) is 21.0. The summed E-state index contributed by atoms with van der Waals surface area (Å²) >= 11 is 0. The zero-order valence-corrected chi connectivity index (χ0v) is 18.2. The van der Waals surface area contributed by atoms with Gasteiger partial charge in [-0.25, -0.2) is 9.50 Å². The molecule has 5 nitrogen and oxygen atoms in total. The molecule has 0 bridgehead atoms. The van der Waals surface area contributed by atoms with Crippen LogP contribution < -0.4 is 5.32 Å². The highest BCUT2D eigenvalue weighted by Gasteiger charge is 2.22. The highest BCUT2D eigenvalue weighted by molar-refractivity contribution is 5.95. The van der Waals surface area contributed by atoms with Crippen molar-refractivity contribution in [1.29, 1.82) is 0 Å². The van der Waals surface area contributed by atoms with Crippen LogP contribution in [-0.2, 0) is 18.3 Å². The third kappa shape index (κ3) is 5.03. The molecule has 0 saturated carbocycles. The van der Waals surface area contributed by atoms with Gasteiger partial charge in [0.1, 0.15) is 0 Å². The predicted molar refractivity (Wildman–Crippen MR) is 117 cm³/mol. The average Bonchev–Trinajstić information content (AvgIpc) is 3.13. The Labute approximate surface area is 173 Å². The number of hydrogen-bond acceptors (Lipinski definition) is 3. The van der Waals surface area contributed by atoms with Crippen LogP contribution in [0.5, 0.6) is 0 Å². The number of nitrogens with zero attached hydrogens (tertiary/aromatic N) is 3. The summed E-state index contributed by atoms with van der Waals surface area (Å²) in [6, 6.07) is 12.5. The molecule has 29 heavy (non-hydrogen) atoms. The molecule has 0 spiro atoms. The predicted octanol–water partition coefficient (Wildman–Crippen LogP) is 4.73. The molecule has 1 aromatic carbocycles. The summed E-state index contributed by atoms with van der Waals surface area (Å²) in [4.78, 5) is 17.5. The molecule has 0 aliphatic carbocycles. The van der Waals surface area contributed by atoms with E-state index in [0.717, 1.165) is 42.7 Å². The van der Waals surface area contributed by atoms with Crippen molar-refractivity contribution in [3.05, 3.63) is 65.1 Å². The zero-order valence-electron chi connectivity index (χ0n) is 18.2. The van der Waals surface area contributed by atoms with Crippen molar-refractivity contribution in [2.24, 2.45) is 0 Å². The molecule has 154 valence electrons. The summed E-state index contributed by atoms with van der Waals surface area (Å²) in [7, 11) is 0. The van der Waals surface area contributed by atoms with Crippen molar-refractivity contribution in [3.63, 3.8) is 0 Å². The third-order valence-corrected chi connectivity index (χ3v) is 5.17. The number of amides is 1. The molecule has 5 heteroatoms. The fraction of sp³-hybridized carbons (Fsp3) is 0.458. The average molecular weight is 393 g/mol. The van der Waals surface area contributed by atoms with E-state index >= 15 is 0 Å². The van der Waals surface area contributed by atoms with Gasteiger partial charge in [-0.3, -0.25) is 4.79 Å². The van der Waals surface area contributed by atoms with Crippen LogP contribution in [0.3, 0.4) is 0 Å². The van der Waals surface area contributed by atoms with E-state index in [0.29, 0.717) is 5.56 Å². The van der Waals surface area contributed by atoms with E-state index in [1.165, 1.54) is 5.56 Å². The number of carbonyl (C=O) groups excluding carboxylic acids is 1. The number of aromatic nitrogens is 3. The Morgan fingerprint density at radius 1 is 1.17 bits per heavy atom. The maximum atomic E-state index is 13.0. The Morgan fingerprint density at radius 3 is 2.55 bits per heavy atom. The van der Waals surface area contributed by atoms with Crippen LogP contribution in [0.25, 0.3) is 5.65 Å². The Kier molecular flexibility index (Phi) is 6.36. The first-order valence-electron chi connectivity index (χ1n) is 10.5. The van der Waals surface area contributed by atoms with Crippen molar-refractivity contribution in [2.75, 3.05) is 0 Å². The Balaban J connectivity index is 1.80. The molecular weight excluding hydrogens is 360 g/mol. The van der Waals surface area contributed by atoms with Crippen molar-refractivity contribution in [1.82, 2.24) is 19.9 Å². The molecule has 2 heterocycles. The summed E-state index contributed by atoms with van der Waals surface area (Å²) in [5.74, 6) is -0.0729. The molecule has 3 aromatic rings. The lowest BCUT2D eigenvalue weighted by molar-refractivity contribution is 0.0936. The van der Waals surface area contributed by atoms with Gasteiger partial charge in [-0.2, -0.15) is 5.10 Å². The van der Waals surface area contributed by atoms with Crippen LogP contribution in [0.2, 0.25) is 0 Å². The molecular formula is C24H32N4O. The van der Waals surface area contributed by atoms with Gasteiger partial charge in [-0.05, 0) is 31.7 Å². The van der Waals surface area contributed by atoms with Crippen molar-refractivity contribution >= 4 is 11.6 Å². The molecule has 0 aliphatic rings. The second kappa shape index (κ2) is 8.76. The lowest BCUT2D eigenvalue weighted by Crippen LogP contribution is -2.34. The number of rotatable bonds is 7. The van der Waals surface area contributed by atoms with Crippen LogP contribution in [0.15, 0.2) is 42.6 Å². The van der Waals surface area contributed by atoms with Gasteiger partial charge in [0, 0.05) is 23.7 Å². The van der Waals surface area contributed by atoms with Crippen molar-refractivity contribution in [3.8, 4) is 0 Å². The van der Waals surface area contributed by atoms with Crippen LogP contribution in [0.4, 0.5) is 0 Å². The summed E-state index contributed by atoms with van der Waals surface area (Å²) < 4.78 is 1.85. The number of carbonyl (C=O) groups is 1. The molecule has 0 aliphatic heterocycles. The lowest BCUT2D eigenvalue weighted by Gasteiger charge is -2.16. The highest BCUT2D eigenvalue weighted by atomic mass is 16.1. The van der Waals surface area contributed by atoms with Gasteiger partial charge in [-0.15, -0.1) is 0 Å². The Morgan fingerprint density at radius 2 is 1.90 bits per heavy atom. The fourth-order valence-corrected chi connectivity index (χ4v) is 3.42. The topological polar surface area (TPSA) is 59.3 Å². The standard InChI is InChI=1S/C24H32N4O/c1-6-10-20-19(16-25-22-15-21(24(3,4)5)27-28(20)22)23(29)26-17(2)13-14-18-11-8-7-9-12-18/h7-9,11-12,15-17H,6,10,13-14H2,1-5H3,(H,26,29). The van der Waals surface area contributed by atoms with E-state index in [1.807, 2.05) is 28.8 Å². The van der Waals surface area contributed by atoms with Gasteiger partial charge in [0.2, 0.25) is 0 Å². The molecule has 3 rings (SSSR count). The van der Waals surface area contributed by atoms with Crippen molar-refractivity contribution in [2.45, 2.75) is 71.8 Å². The minimum absolute atomic E-state index is 0.0639. The molecule has 0 fully saturated rings. The first kappa shape index (κ1) is 21.0. The molecule has 1 atom stereocenters. The molecule has 1 N–H and O–H groups in total. The van der Waals surface area contributed by atoms with Gasteiger partial charge in [0.25, 0.3) is 5.91 Å². The number of nitrogens with one attached hydrogen (secondary N) is 1. The number of aryl methyl sites for hydroxylation is 2. The van der Waals surface area contributed by atoms with E-state index in [1.54, 1.807) is 6.20 Å². The second-order valence-corrected chi connectivity index (χ2v) is 8.82. The Bertz CT molecular complexity index is 970. The third-order valence-electron chi connectivity index (χ3n) is 5.17. The first-order chi connectivity index (χ1) is 13.8. The quantitative estimate of drug-likeness (QED) is 0.632. The van der Waals surface area contributed by atoms with E-state index in [2.05, 4.69) is 57.1 Å². The van der Waals surface area contributed by atoms with Gasteiger partial charge >= 0.3 is 0 Å². The smallest absolute Gasteiger partial charge is 0.254 e. The molecule has 0 saturated heterocycles. The summed E-state index contributed by atoms with van der Waals surface area (Å²) in [5, 5.41) is 7.92. The second-order valence-electron chi connectivity index (χ2n) is 8.82. The van der Waals surface area contributed by atoms with Gasteiger partial charge in [0.05, 0.1) is 17.0 Å². The minimum atomic E-state index is -0.0729. The monoisotopic (exact) mass is 392 g/mol. The Hall–Kier alpha value is -2.69. The molecule has 0 radical (unpaired) electrons. The van der Waals surface area contributed by atoms with Gasteiger partial charge in [0.15, 0.2) is 5.65 Å². The maximum absolute atomic E-state index is 13.0. The van der Waals surface area contributed by atoms with Crippen LogP contribution >= 0.6 is 0 Å². The van der Waals surface area contributed by atoms with Gasteiger partial charge in [-0.1, -0.05) is 64.4 Å². The van der Waals surface area contributed by atoms with E-state index in [-0.39, 0.29) is 17.4 Å².